The maximum atomic E-state index is 12.3. The number of esters is 1. The van der Waals surface area contributed by atoms with Crippen molar-refractivity contribution in [3.8, 4) is 28.6 Å². The van der Waals surface area contributed by atoms with E-state index >= 15 is 0 Å². The number of nitrogens with zero attached hydrogens (tertiary/aromatic N) is 2. The molecule has 1 aromatic heterocycles. The lowest BCUT2D eigenvalue weighted by Gasteiger charge is -2.10. The number of benzene rings is 2. The van der Waals surface area contributed by atoms with Crippen LogP contribution >= 0.6 is 0 Å². The second-order valence-electron chi connectivity index (χ2n) is 5.59. The fourth-order valence-electron chi connectivity index (χ4n) is 2.53. The lowest BCUT2D eigenvalue weighted by molar-refractivity contribution is 0.0429. The lowest BCUT2D eigenvalue weighted by atomic mass is 10.2. The van der Waals surface area contributed by atoms with E-state index in [-0.39, 0.29) is 12.5 Å². The molecule has 0 saturated carbocycles. The summed E-state index contributed by atoms with van der Waals surface area (Å²) in [5.41, 5.74) is 1.01. The topological polar surface area (TPSA) is 92.9 Å². The van der Waals surface area contributed by atoms with Crippen LogP contribution in [0.2, 0.25) is 0 Å². The Kier molecular flexibility index (Phi) is 6.11. The molecule has 8 heteroatoms. The normalized spacial score (nSPS) is 10.4. The van der Waals surface area contributed by atoms with Crippen LogP contribution in [-0.4, -0.2) is 36.9 Å². The van der Waals surface area contributed by atoms with E-state index in [0.717, 1.165) is 0 Å². The zero-order valence-corrected chi connectivity index (χ0v) is 15.8. The Morgan fingerprint density at radius 2 is 1.82 bits per heavy atom. The molecule has 0 aliphatic rings. The molecule has 0 spiro atoms. The molecule has 3 rings (SSSR count). The van der Waals surface area contributed by atoms with Crippen molar-refractivity contribution in [3.05, 3.63) is 53.9 Å². The van der Waals surface area contributed by atoms with Crippen molar-refractivity contribution in [2.75, 3.05) is 20.8 Å². The molecule has 0 atom stereocenters. The van der Waals surface area contributed by atoms with Gasteiger partial charge in [-0.3, -0.25) is 0 Å². The number of rotatable bonds is 8. The van der Waals surface area contributed by atoms with Gasteiger partial charge in [-0.25, -0.2) is 4.79 Å². The first-order valence-corrected chi connectivity index (χ1v) is 8.60. The van der Waals surface area contributed by atoms with Crippen LogP contribution in [0.4, 0.5) is 0 Å². The molecule has 8 nitrogen and oxygen atoms in total. The van der Waals surface area contributed by atoms with Gasteiger partial charge in [0.05, 0.1) is 32.0 Å². The summed E-state index contributed by atoms with van der Waals surface area (Å²) in [6.07, 6.45) is 0. The third-order valence-electron chi connectivity index (χ3n) is 3.84. The third kappa shape index (κ3) is 4.22. The smallest absolute Gasteiger partial charge is 0.338 e. The molecule has 146 valence electrons. The number of carbonyl (C=O) groups is 1. The Morgan fingerprint density at radius 3 is 2.57 bits per heavy atom. The van der Waals surface area contributed by atoms with E-state index in [1.54, 1.807) is 31.4 Å². The van der Waals surface area contributed by atoms with Crippen LogP contribution < -0.4 is 14.2 Å². The zero-order chi connectivity index (χ0) is 19.9. The molecule has 0 amide bonds. The Balaban J connectivity index is 1.68. The van der Waals surface area contributed by atoms with Gasteiger partial charge in [-0.05, 0) is 37.3 Å². The Morgan fingerprint density at radius 1 is 1.04 bits per heavy atom. The van der Waals surface area contributed by atoms with E-state index in [0.29, 0.717) is 40.8 Å². The van der Waals surface area contributed by atoms with Crippen molar-refractivity contribution in [1.29, 1.82) is 0 Å². The van der Waals surface area contributed by atoms with Gasteiger partial charge in [-0.1, -0.05) is 17.3 Å². The van der Waals surface area contributed by atoms with Gasteiger partial charge in [0.15, 0.2) is 18.1 Å². The van der Waals surface area contributed by atoms with Gasteiger partial charge < -0.3 is 23.5 Å². The predicted octanol–water partition coefficient (Wildman–Crippen LogP) is 3.51. The second kappa shape index (κ2) is 8.90. The predicted molar refractivity (Wildman–Crippen MR) is 99.6 cm³/mol. The molecule has 1 heterocycles. The highest BCUT2D eigenvalue weighted by Gasteiger charge is 2.16. The number of ether oxygens (including phenoxy) is 4. The zero-order valence-electron chi connectivity index (χ0n) is 15.8. The molecule has 0 aliphatic carbocycles. The minimum atomic E-state index is -0.543. The van der Waals surface area contributed by atoms with Crippen molar-refractivity contribution < 1.29 is 28.3 Å². The van der Waals surface area contributed by atoms with Gasteiger partial charge in [0.25, 0.3) is 5.89 Å². The fraction of sp³-hybridized carbons (Fsp3) is 0.250. The SMILES string of the molecule is CCOc1ccc(C(=O)OCc2nc(-c3ccccc3OC)no2)cc1OC. The highest BCUT2D eigenvalue weighted by Crippen LogP contribution is 2.29. The first-order valence-electron chi connectivity index (χ1n) is 8.60. The van der Waals surface area contributed by atoms with Gasteiger partial charge in [0.1, 0.15) is 5.75 Å². The molecule has 0 saturated heterocycles. The molecule has 0 radical (unpaired) electrons. The van der Waals surface area contributed by atoms with Crippen LogP contribution in [0.5, 0.6) is 17.2 Å². The summed E-state index contributed by atoms with van der Waals surface area (Å²) in [5.74, 6) is 1.61. The van der Waals surface area contributed by atoms with Crippen LogP contribution in [0.25, 0.3) is 11.4 Å². The van der Waals surface area contributed by atoms with E-state index in [1.807, 2.05) is 25.1 Å². The summed E-state index contributed by atoms with van der Waals surface area (Å²) >= 11 is 0. The fourth-order valence-corrected chi connectivity index (χ4v) is 2.53. The summed E-state index contributed by atoms with van der Waals surface area (Å²) in [6, 6.07) is 12.1. The van der Waals surface area contributed by atoms with Crippen molar-refractivity contribution in [3.63, 3.8) is 0 Å². The van der Waals surface area contributed by atoms with Crippen LogP contribution in [0, 0.1) is 0 Å². The minimum Gasteiger partial charge on any atom is -0.496 e. The van der Waals surface area contributed by atoms with Crippen molar-refractivity contribution in [2.24, 2.45) is 0 Å². The Hall–Kier alpha value is -3.55. The average molecular weight is 384 g/mol. The van der Waals surface area contributed by atoms with Gasteiger partial charge >= 0.3 is 5.97 Å². The van der Waals surface area contributed by atoms with Gasteiger partial charge in [-0.2, -0.15) is 4.98 Å². The van der Waals surface area contributed by atoms with Crippen molar-refractivity contribution >= 4 is 5.97 Å². The summed E-state index contributed by atoms with van der Waals surface area (Å²) in [5, 5.41) is 3.91. The quantitative estimate of drug-likeness (QED) is 0.545. The Labute approximate surface area is 162 Å². The van der Waals surface area contributed by atoms with E-state index < -0.39 is 5.97 Å². The number of hydrogen-bond acceptors (Lipinski definition) is 8. The molecular formula is C20H20N2O6. The summed E-state index contributed by atoms with van der Waals surface area (Å²) in [4.78, 5) is 16.6. The molecule has 0 bridgehead atoms. The first-order chi connectivity index (χ1) is 13.7. The maximum Gasteiger partial charge on any atom is 0.338 e. The van der Waals surface area contributed by atoms with E-state index in [4.69, 9.17) is 23.5 Å². The van der Waals surface area contributed by atoms with E-state index in [1.165, 1.54) is 7.11 Å². The number of para-hydroxylation sites is 1. The van der Waals surface area contributed by atoms with Crippen LogP contribution in [-0.2, 0) is 11.3 Å². The molecular weight excluding hydrogens is 364 g/mol. The minimum absolute atomic E-state index is 0.156. The summed E-state index contributed by atoms with van der Waals surface area (Å²) in [6.45, 7) is 2.20. The largest absolute Gasteiger partial charge is 0.496 e. The summed E-state index contributed by atoms with van der Waals surface area (Å²) in [7, 11) is 3.07. The first kappa shape index (κ1) is 19.2. The highest BCUT2D eigenvalue weighted by molar-refractivity contribution is 5.90. The molecule has 28 heavy (non-hydrogen) atoms. The monoisotopic (exact) mass is 384 g/mol. The van der Waals surface area contributed by atoms with Crippen LogP contribution in [0.1, 0.15) is 23.2 Å². The highest BCUT2D eigenvalue weighted by atomic mass is 16.6. The van der Waals surface area contributed by atoms with E-state index in [2.05, 4.69) is 10.1 Å². The molecule has 0 fully saturated rings. The number of hydrogen-bond donors (Lipinski definition) is 0. The van der Waals surface area contributed by atoms with Crippen LogP contribution in [0.3, 0.4) is 0 Å². The molecule has 3 aromatic rings. The number of carbonyl (C=O) groups excluding carboxylic acids is 1. The van der Waals surface area contributed by atoms with E-state index in [9.17, 15) is 4.79 Å². The molecule has 2 aromatic carbocycles. The van der Waals surface area contributed by atoms with Gasteiger partial charge in [0.2, 0.25) is 5.82 Å². The number of methoxy groups -OCH3 is 2. The maximum absolute atomic E-state index is 12.3. The van der Waals surface area contributed by atoms with Crippen molar-refractivity contribution in [2.45, 2.75) is 13.5 Å². The van der Waals surface area contributed by atoms with Gasteiger partial charge in [-0.15, -0.1) is 0 Å². The lowest BCUT2D eigenvalue weighted by Crippen LogP contribution is -2.06. The standard InChI is InChI=1S/C20H20N2O6/c1-4-26-16-10-9-13(11-17(16)25-3)20(23)27-12-18-21-19(22-28-18)14-7-5-6-8-15(14)24-2/h5-11H,4,12H2,1-3H3. The molecule has 0 N–H and O–H groups in total. The van der Waals surface area contributed by atoms with Crippen molar-refractivity contribution in [1.82, 2.24) is 10.1 Å². The van der Waals surface area contributed by atoms with Crippen LogP contribution in [0.15, 0.2) is 47.0 Å². The average Bonchev–Trinajstić information content (AvgIpc) is 3.21. The Bertz CT molecular complexity index is 953. The summed E-state index contributed by atoms with van der Waals surface area (Å²) < 4.78 is 26.4. The molecule has 0 unspecified atom stereocenters. The number of aromatic nitrogens is 2. The van der Waals surface area contributed by atoms with Gasteiger partial charge in [0, 0.05) is 0 Å². The molecule has 0 aliphatic heterocycles. The third-order valence-corrected chi connectivity index (χ3v) is 3.84. The second-order valence-corrected chi connectivity index (χ2v) is 5.59.